The molecule has 1 aliphatic heterocycles. The van der Waals surface area contributed by atoms with Gasteiger partial charge in [-0.25, -0.2) is 18.7 Å². The molecule has 1 aromatic carbocycles. The number of carbonyl (C=O) groups is 1. The molecule has 142 valence electrons. The van der Waals surface area contributed by atoms with Gasteiger partial charge in [0.1, 0.15) is 11.3 Å². The van der Waals surface area contributed by atoms with Gasteiger partial charge in [-0.1, -0.05) is 13.8 Å². The summed E-state index contributed by atoms with van der Waals surface area (Å²) < 4.78 is 21.0. The Labute approximate surface area is 174 Å². The third kappa shape index (κ3) is 3.17. The van der Waals surface area contributed by atoms with Crippen LogP contribution in [0.2, 0.25) is 0 Å². The molecule has 4 rings (SSSR count). The monoisotopic (exact) mass is 499 g/mol. The maximum Gasteiger partial charge on any atom is 0.420 e. The lowest BCUT2D eigenvalue weighted by molar-refractivity contribution is 0.174. The molecule has 1 aliphatic rings. The molecule has 0 saturated carbocycles. The van der Waals surface area contributed by atoms with Gasteiger partial charge in [-0.2, -0.15) is 0 Å². The Balaban J connectivity index is 1.95. The van der Waals surface area contributed by atoms with Crippen molar-refractivity contribution >= 4 is 51.1 Å². The zero-order valence-electron chi connectivity index (χ0n) is 15.2. The number of aromatic nitrogens is 2. The number of carbonyl (C=O) groups excluding carboxylic acids is 1. The van der Waals surface area contributed by atoms with Gasteiger partial charge in [-0.15, -0.1) is 11.3 Å². The van der Waals surface area contributed by atoms with Crippen molar-refractivity contribution in [1.82, 2.24) is 14.9 Å². The minimum atomic E-state index is -0.571. The third-order valence-electron chi connectivity index (χ3n) is 4.81. The standard InChI is InChI=1S/C19H19FIN3O2S/c1-9(2)15-17-10(4-5-22-15)6-14(27-17)18-23-16-12(21)7-11(20)8-13(16)24(18)19(25)26-3/h6-9,15,22H,4-5H2,1-3H3. The molecule has 0 saturated heterocycles. The zero-order chi connectivity index (χ0) is 19.3. The van der Waals surface area contributed by atoms with E-state index in [0.29, 0.717) is 32.4 Å². The maximum absolute atomic E-state index is 14.0. The Morgan fingerprint density at radius 2 is 2.22 bits per heavy atom. The van der Waals surface area contributed by atoms with E-state index in [9.17, 15) is 9.18 Å². The molecule has 3 heterocycles. The van der Waals surface area contributed by atoms with Crippen molar-refractivity contribution < 1.29 is 13.9 Å². The minimum absolute atomic E-state index is 0.293. The summed E-state index contributed by atoms with van der Waals surface area (Å²) in [6, 6.07) is 5.15. The summed E-state index contributed by atoms with van der Waals surface area (Å²) in [7, 11) is 1.32. The van der Waals surface area contributed by atoms with Crippen molar-refractivity contribution in [2.45, 2.75) is 26.3 Å². The second-order valence-electron chi connectivity index (χ2n) is 6.92. The van der Waals surface area contributed by atoms with Crippen molar-refractivity contribution in [2.75, 3.05) is 13.7 Å². The highest BCUT2D eigenvalue weighted by Gasteiger charge is 2.28. The van der Waals surface area contributed by atoms with Gasteiger partial charge in [-0.3, -0.25) is 0 Å². The summed E-state index contributed by atoms with van der Waals surface area (Å²) in [6.45, 7) is 5.32. The predicted octanol–water partition coefficient (Wildman–Crippen LogP) is 4.97. The molecule has 0 radical (unpaired) electrons. The van der Waals surface area contributed by atoms with E-state index >= 15 is 0 Å². The molecule has 0 amide bonds. The van der Waals surface area contributed by atoms with Crippen LogP contribution in [0.4, 0.5) is 9.18 Å². The first kappa shape index (κ1) is 18.8. The van der Waals surface area contributed by atoms with Crippen LogP contribution < -0.4 is 5.32 Å². The smallest absolute Gasteiger partial charge is 0.420 e. The van der Waals surface area contributed by atoms with Crippen LogP contribution in [0.3, 0.4) is 0 Å². The number of fused-ring (bicyclic) bond motifs is 2. The van der Waals surface area contributed by atoms with Crippen molar-refractivity contribution in [1.29, 1.82) is 0 Å². The fourth-order valence-electron chi connectivity index (χ4n) is 3.55. The number of hydrogen-bond acceptors (Lipinski definition) is 5. The average molecular weight is 499 g/mol. The van der Waals surface area contributed by atoms with E-state index in [-0.39, 0.29) is 0 Å². The number of halogens is 2. The first-order valence-corrected chi connectivity index (χ1v) is 10.6. The van der Waals surface area contributed by atoms with E-state index < -0.39 is 11.9 Å². The van der Waals surface area contributed by atoms with Crippen LogP contribution in [0.1, 0.15) is 30.3 Å². The van der Waals surface area contributed by atoms with Gasteiger partial charge in [-0.05, 0) is 59.2 Å². The van der Waals surface area contributed by atoms with E-state index in [1.165, 1.54) is 34.3 Å². The van der Waals surface area contributed by atoms with E-state index in [4.69, 9.17) is 4.74 Å². The highest BCUT2D eigenvalue weighted by molar-refractivity contribution is 14.1. The van der Waals surface area contributed by atoms with Crippen molar-refractivity contribution in [3.63, 3.8) is 0 Å². The highest BCUT2D eigenvalue weighted by Crippen LogP contribution is 2.40. The first-order chi connectivity index (χ1) is 12.9. The SMILES string of the molecule is COC(=O)n1c(-c2cc3c(s2)C(C(C)C)NCC3)nc2c(I)cc(F)cc21. The van der Waals surface area contributed by atoms with Crippen LogP contribution in [-0.2, 0) is 11.2 Å². The summed E-state index contributed by atoms with van der Waals surface area (Å²) in [5.41, 5.74) is 2.31. The lowest BCUT2D eigenvalue weighted by Crippen LogP contribution is -2.31. The summed E-state index contributed by atoms with van der Waals surface area (Å²) in [6.07, 6.45) is 0.374. The van der Waals surface area contributed by atoms with Gasteiger partial charge >= 0.3 is 6.09 Å². The van der Waals surface area contributed by atoms with Crippen LogP contribution in [0.15, 0.2) is 18.2 Å². The number of hydrogen-bond donors (Lipinski definition) is 1. The predicted molar refractivity (Wildman–Crippen MR) is 113 cm³/mol. The fraction of sp³-hybridized carbons (Fsp3) is 0.368. The number of ether oxygens (including phenoxy) is 1. The van der Waals surface area contributed by atoms with E-state index in [1.807, 2.05) is 22.6 Å². The summed E-state index contributed by atoms with van der Waals surface area (Å²) in [5.74, 6) is 0.560. The quantitative estimate of drug-likeness (QED) is 0.507. The molecule has 27 heavy (non-hydrogen) atoms. The van der Waals surface area contributed by atoms with Gasteiger partial charge in [0.15, 0.2) is 5.82 Å². The van der Waals surface area contributed by atoms with Gasteiger partial charge < -0.3 is 10.1 Å². The van der Waals surface area contributed by atoms with Gasteiger partial charge in [0.05, 0.1) is 17.5 Å². The van der Waals surface area contributed by atoms with Gasteiger partial charge in [0.25, 0.3) is 0 Å². The largest absolute Gasteiger partial charge is 0.452 e. The van der Waals surface area contributed by atoms with Crippen LogP contribution in [-0.4, -0.2) is 29.3 Å². The second kappa shape index (κ2) is 7.14. The average Bonchev–Trinajstić information content (AvgIpc) is 3.21. The Bertz CT molecular complexity index is 1040. The van der Waals surface area contributed by atoms with E-state index in [2.05, 4.69) is 30.2 Å². The van der Waals surface area contributed by atoms with Crippen molar-refractivity contribution in [2.24, 2.45) is 5.92 Å². The molecular weight excluding hydrogens is 480 g/mol. The number of nitrogens with zero attached hydrogens (tertiary/aromatic N) is 2. The van der Waals surface area contributed by atoms with Gasteiger partial charge in [0, 0.05) is 20.6 Å². The molecule has 0 spiro atoms. The number of methoxy groups -OCH3 is 1. The Morgan fingerprint density at radius 1 is 1.44 bits per heavy atom. The van der Waals surface area contributed by atoms with E-state index in [0.717, 1.165) is 17.8 Å². The number of rotatable bonds is 2. The zero-order valence-corrected chi connectivity index (χ0v) is 18.2. The normalized spacial score (nSPS) is 16.7. The molecule has 1 unspecified atom stereocenters. The molecule has 2 aromatic heterocycles. The molecule has 1 N–H and O–H groups in total. The van der Waals surface area contributed by atoms with Crippen LogP contribution >= 0.6 is 33.9 Å². The highest BCUT2D eigenvalue weighted by atomic mass is 127. The second-order valence-corrected chi connectivity index (χ2v) is 9.17. The number of imidazole rings is 1. The lowest BCUT2D eigenvalue weighted by Gasteiger charge is -2.26. The number of nitrogens with one attached hydrogen (secondary N) is 1. The molecule has 0 aliphatic carbocycles. The number of thiophene rings is 1. The topological polar surface area (TPSA) is 56.1 Å². The lowest BCUT2D eigenvalue weighted by atomic mass is 9.95. The Kier molecular flexibility index (Phi) is 4.98. The molecule has 1 atom stereocenters. The Morgan fingerprint density at radius 3 is 2.93 bits per heavy atom. The minimum Gasteiger partial charge on any atom is -0.452 e. The number of benzene rings is 1. The van der Waals surface area contributed by atoms with Crippen molar-refractivity contribution in [3.05, 3.63) is 38.0 Å². The first-order valence-electron chi connectivity index (χ1n) is 8.73. The Hall–Kier alpha value is -1.52. The molecule has 8 heteroatoms. The third-order valence-corrected chi connectivity index (χ3v) is 6.88. The molecular formula is C19H19FIN3O2S. The molecule has 0 bridgehead atoms. The van der Waals surface area contributed by atoms with E-state index in [1.54, 1.807) is 11.3 Å². The summed E-state index contributed by atoms with van der Waals surface area (Å²) >= 11 is 3.69. The van der Waals surface area contributed by atoms with Crippen LogP contribution in [0, 0.1) is 15.3 Å². The summed E-state index contributed by atoms with van der Waals surface area (Å²) in [5, 5.41) is 3.57. The van der Waals surface area contributed by atoms with Crippen LogP contribution in [0.5, 0.6) is 0 Å². The van der Waals surface area contributed by atoms with Crippen LogP contribution in [0.25, 0.3) is 21.7 Å². The van der Waals surface area contributed by atoms with Crippen molar-refractivity contribution in [3.8, 4) is 10.7 Å². The fourth-order valence-corrected chi connectivity index (χ4v) is 5.69. The maximum atomic E-state index is 14.0. The molecule has 5 nitrogen and oxygen atoms in total. The molecule has 0 fully saturated rings. The molecule has 3 aromatic rings. The van der Waals surface area contributed by atoms with Gasteiger partial charge in [0.2, 0.25) is 0 Å². The summed E-state index contributed by atoms with van der Waals surface area (Å²) in [4.78, 5) is 19.4.